The molecular weight excluding hydrogens is 468 g/mol. The summed E-state index contributed by atoms with van der Waals surface area (Å²) in [6, 6.07) is 25.0. The molecule has 0 heterocycles. The Morgan fingerprint density at radius 2 is 1.62 bits per heavy atom. The molecule has 0 aromatic heterocycles. The lowest BCUT2D eigenvalue weighted by molar-refractivity contribution is -0.117. The zero-order valence-corrected chi connectivity index (χ0v) is 20.5. The molecule has 178 valence electrons. The molecule has 34 heavy (non-hydrogen) atoms. The van der Waals surface area contributed by atoms with Crippen molar-refractivity contribution in [3.63, 3.8) is 0 Å². The molecule has 0 spiro atoms. The third kappa shape index (κ3) is 8.70. The third-order valence-electron chi connectivity index (χ3n) is 4.84. The van der Waals surface area contributed by atoms with E-state index in [2.05, 4.69) is 10.0 Å². The molecule has 8 heteroatoms. The Labute approximate surface area is 205 Å². The summed E-state index contributed by atoms with van der Waals surface area (Å²) < 4.78 is 33.4. The second kappa shape index (κ2) is 13.0. The SMILES string of the molecule is CSCCC(NS(=O)(=O)/C=C/c1ccccc1)C(=O)Nc1ccc(OCc2ccccc2)cc1. The van der Waals surface area contributed by atoms with Crippen molar-refractivity contribution in [1.82, 2.24) is 4.72 Å². The summed E-state index contributed by atoms with van der Waals surface area (Å²) in [6.45, 7) is 0.446. The lowest BCUT2D eigenvalue weighted by Gasteiger charge is -2.17. The van der Waals surface area contributed by atoms with Crippen LogP contribution in [0.25, 0.3) is 6.08 Å². The fraction of sp³-hybridized carbons (Fsp3) is 0.192. The Balaban J connectivity index is 1.60. The summed E-state index contributed by atoms with van der Waals surface area (Å²) in [5, 5.41) is 3.88. The Morgan fingerprint density at radius 1 is 0.971 bits per heavy atom. The van der Waals surface area contributed by atoms with Gasteiger partial charge in [-0.1, -0.05) is 60.7 Å². The average Bonchev–Trinajstić information content (AvgIpc) is 2.86. The molecule has 3 aromatic carbocycles. The fourth-order valence-electron chi connectivity index (χ4n) is 3.05. The Hall–Kier alpha value is -3.07. The number of sulfonamides is 1. The molecule has 0 saturated heterocycles. The van der Waals surface area contributed by atoms with E-state index in [1.165, 1.54) is 6.08 Å². The quantitative estimate of drug-likeness (QED) is 0.372. The van der Waals surface area contributed by atoms with Crippen LogP contribution in [0.4, 0.5) is 5.69 Å². The van der Waals surface area contributed by atoms with Crippen LogP contribution >= 0.6 is 11.8 Å². The molecule has 1 amide bonds. The number of rotatable bonds is 12. The van der Waals surface area contributed by atoms with Gasteiger partial charge in [0.15, 0.2) is 0 Å². The molecule has 1 unspecified atom stereocenters. The molecule has 0 aliphatic heterocycles. The van der Waals surface area contributed by atoms with Crippen molar-refractivity contribution in [2.24, 2.45) is 0 Å². The smallest absolute Gasteiger partial charge is 0.242 e. The maximum absolute atomic E-state index is 12.9. The van der Waals surface area contributed by atoms with Crippen LogP contribution in [0.2, 0.25) is 0 Å². The highest BCUT2D eigenvalue weighted by atomic mass is 32.2. The second-order valence-corrected chi connectivity index (χ2v) is 10.1. The van der Waals surface area contributed by atoms with Gasteiger partial charge in [0.2, 0.25) is 15.9 Å². The van der Waals surface area contributed by atoms with Gasteiger partial charge in [-0.05, 0) is 59.9 Å². The van der Waals surface area contributed by atoms with Crippen LogP contribution < -0.4 is 14.8 Å². The van der Waals surface area contributed by atoms with Gasteiger partial charge in [0.25, 0.3) is 0 Å². The molecule has 1 atom stereocenters. The van der Waals surface area contributed by atoms with Crippen LogP contribution in [-0.4, -0.2) is 32.4 Å². The lowest BCUT2D eigenvalue weighted by Crippen LogP contribution is -2.43. The monoisotopic (exact) mass is 496 g/mol. The standard InChI is InChI=1S/C26H28N2O4S2/c1-33-18-16-25(28-34(30,31)19-17-21-8-4-2-5-9-21)26(29)27-23-12-14-24(15-13-23)32-20-22-10-6-3-7-11-22/h2-15,17,19,25,28H,16,18,20H2,1H3,(H,27,29)/b19-17+. The summed E-state index contributed by atoms with van der Waals surface area (Å²) >= 11 is 1.55. The van der Waals surface area contributed by atoms with Crippen LogP contribution in [0, 0.1) is 0 Å². The first-order valence-electron chi connectivity index (χ1n) is 10.8. The Bertz CT molecular complexity index is 1170. The number of benzene rings is 3. The fourth-order valence-corrected chi connectivity index (χ4v) is 4.56. The summed E-state index contributed by atoms with van der Waals surface area (Å²) in [7, 11) is -3.81. The summed E-state index contributed by atoms with van der Waals surface area (Å²) in [4.78, 5) is 12.9. The average molecular weight is 497 g/mol. The van der Waals surface area contributed by atoms with Crippen molar-refractivity contribution in [2.45, 2.75) is 19.1 Å². The minimum absolute atomic E-state index is 0.365. The van der Waals surface area contributed by atoms with E-state index < -0.39 is 22.0 Å². The number of hydrogen-bond acceptors (Lipinski definition) is 5. The number of hydrogen-bond donors (Lipinski definition) is 2. The van der Waals surface area contributed by atoms with E-state index in [9.17, 15) is 13.2 Å². The first-order valence-corrected chi connectivity index (χ1v) is 13.7. The van der Waals surface area contributed by atoms with E-state index in [1.54, 1.807) is 48.2 Å². The molecule has 2 N–H and O–H groups in total. The number of carbonyl (C=O) groups is 1. The lowest BCUT2D eigenvalue weighted by atomic mass is 10.2. The summed E-state index contributed by atoms with van der Waals surface area (Å²) in [5.74, 6) is 0.895. The highest BCUT2D eigenvalue weighted by molar-refractivity contribution is 7.98. The molecule has 0 bridgehead atoms. The predicted octanol–water partition coefficient (Wildman–Crippen LogP) is 4.92. The second-order valence-electron chi connectivity index (χ2n) is 7.50. The number of carbonyl (C=O) groups excluding carboxylic acids is 1. The van der Waals surface area contributed by atoms with Gasteiger partial charge in [-0.25, -0.2) is 8.42 Å². The number of thioether (sulfide) groups is 1. The minimum Gasteiger partial charge on any atom is -0.489 e. The zero-order valence-electron chi connectivity index (χ0n) is 18.9. The predicted molar refractivity (Wildman–Crippen MR) is 140 cm³/mol. The summed E-state index contributed by atoms with van der Waals surface area (Å²) in [5.41, 5.74) is 2.38. The van der Waals surface area contributed by atoms with Crippen molar-refractivity contribution in [3.05, 3.63) is 101 Å². The van der Waals surface area contributed by atoms with Gasteiger partial charge in [-0.2, -0.15) is 16.5 Å². The van der Waals surface area contributed by atoms with E-state index in [-0.39, 0.29) is 0 Å². The number of anilines is 1. The van der Waals surface area contributed by atoms with Crippen LogP contribution in [-0.2, 0) is 21.4 Å². The van der Waals surface area contributed by atoms with Crippen LogP contribution in [0.15, 0.2) is 90.3 Å². The topological polar surface area (TPSA) is 84.5 Å². The highest BCUT2D eigenvalue weighted by Crippen LogP contribution is 2.18. The largest absolute Gasteiger partial charge is 0.489 e. The van der Waals surface area contributed by atoms with E-state index >= 15 is 0 Å². The molecule has 3 rings (SSSR count). The molecule has 0 aliphatic carbocycles. The van der Waals surface area contributed by atoms with Gasteiger partial charge in [0.1, 0.15) is 18.4 Å². The van der Waals surface area contributed by atoms with E-state index in [0.29, 0.717) is 30.2 Å². The van der Waals surface area contributed by atoms with Crippen molar-refractivity contribution < 1.29 is 17.9 Å². The van der Waals surface area contributed by atoms with Gasteiger partial charge in [0, 0.05) is 11.1 Å². The van der Waals surface area contributed by atoms with Gasteiger partial charge >= 0.3 is 0 Å². The molecule has 6 nitrogen and oxygen atoms in total. The highest BCUT2D eigenvalue weighted by Gasteiger charge is 2.23. The van der Waals surface area contributed by atoms with Crippen LogP contribution in [0.1, 0.15) is 17.5 Å². The van der Waals surface area contributed by atoms with Crippen molar-refractivity contribution in [2.75, 3.05) is 17.3 Å². The third-order valence-corrected chi connectivity index (χ3v) is 6.59. The van der Waals surface area contributed by atoms with E-state index in [1.807, 2.05) is 54.8 Å². The van der Waals surface area contributed by atoms with Crippen molar-refractivity contribution in [1.29, 1.82) is 0 Å². The summed E-state index contributed by atoms with van der Waals surface area (Å²) in [6.07, 6.45) is 3.77. The van der Waals surface area contributed by atoms with E-state index in [4.69, 9.17) is 4.74 Å². The number of nitrogens with one attached hydrogen (secondary N) is 2. The van der Waals surface area contributed by atoms with Crippen LogP contribution in [0.5, 0.6) is 5.75 Å². The first-order chi connectivity index (χ1) is 16.4. The normalized spacial score (nSPS) is 12.4. The van der Waals surface area contributed by atoms with Gasteiger partial charge < -0.3 is 10.1 Å². The Morgan fingerprint density at radius 3 is 2.26 bits per heavy atom. The molecule has 0 fully saturated rings. The molecule has 0 aliphatic rings. The van der Waals surface area contributed by atoms with Gasteiger partial charge in [-0.3, -0.25) is 4.79 Å². The molecular formula is C26H28N2O4S2. The zero-order chi connectivity index (χ0) is 24.2. The number of amides is 1. The Kier molecular flexibility index (Phi) is 9.75. The van der Waals surface area contributed by atoms with Crippen molar-refractivity contribution in [3.8, 4) is 5.75 Å². The molecule has 3 aromatic rings. The van der Waals surface area contributed by atoms with Crippen LogP contribution in [0.3, 0.4) is 0 Å². The maximum Gasteiger partial charge on any atom is 0.242 e. The maximum atomic E-state index is 12.9. The van der Waals surface area contributed by atoms with E-state index in [0.717, 1.165) is 16.5 Å². The van der Waals surface area contributed by atoms with Gasteiger partial charge in [0.05, 0.1) is 0 Å². The van der Waals surface area contributed by atoms with Crippen molar-refractivity contribution >= 4 is 39.5 Å². The number of ether oxygens (including phenoxy) is 1. The molecule has 0 saturated carbocycles. The van der Waals surface area contributed by atoms with Gasteiger partial charge in [-0.15, -0.1) is 0 Å². The minimum atomic E-state index is -3.81. The first kappa shape index (κ1) is 25.6. The molecule has 0 radical (unpaired) electrons.